The molecule has 2 aliphatic carbocycles. The van der Waals surface area contributed by atoms with Crippen molar-refractivity contribution in [3.63, 3.8) is 0 Å². The van der Waals surface area contributed by atoms with E-state index in [1.807, 2.05) is 0 Å². The van der Waals surface area contributed by atoms with Crippen LogP contribution in [0.1, 0.15) is 38.5 Å². The molecule has 1 atom stereocenters. The van der Waals surface area contributed by atoms with Crippen molar-refractivity contribution in [1.29, 1.82) is 0 Å². The number of nitrogens with two attached hydrogens (primary N) is 1. The molecule has 0 aromatic rings. The number of ether oxygens (including phenoxy) is 1. The average molecular weight is 240 g/mol. The fraction of sp³-hybridized carbons (Fsp3) is 0.923. The molecule has 0 radical (unpaired) electrons. The van der Waals surface area contributed by atoms with E-state index in [9.17, 15) is 4.79 Å². The van der Waals surface area contributed by atoms with Crippen molar-refractivity contribution in [1.82, 2.24) is 5.32 Å². The molecule has 2 fully saturated rings. The Balaban J connectivity index is 1.70. The van der Waals surface area contributed by atoms with Crippen LogP contribution in [0.15, 0.2) is 0 Å². The number of amides is 1. The lowest BCUT2D eigenvalue weighted by atomic mass is 10.1. The van der Waals surface area contributed by atoms with Crippen molar-refractivity contribution in [2.75, 3.05) is 13.7 Å². The number of nitrogens with one attached hydrogen (secondary N) is 1. The largest absolute Gasteiger partial charge is 0.385 e. The number of hydrogen-bond donors (Lipinski definition) is 2. The fourth-order valence-corrected chi connectivity index (χ4v) is 2.38. The van der Waals surface area contributed by atoms with E-state index in [1.165, 1.54) is 25.7 Å². The average Bonchev–Trinajstić information content (AvgIpc) is 3.18. The molecular weight excluding hydrogens is 216 g/mol. The molecule has 1 unspecified atom stereocenters. The van der Waals surface area contributed by atoms with Gasteiger partial charge in [0.05, 0.1) is 6.04 Å². The van der Waals surface area contributed by atoms with E-state index >= 15 is 0 Å². The number of hydrogen-bond acceptors (Lipinski definition) is 3. The molecule has 98 valence electrons. The first-order valence-corrected chi connectivity index (χ1v) is 6.77. The van der Waals surface area contributed by atoms with Gasteiger partial charge in [0.1, 0.15) is 0 Å². The van der Waals surface area contributed by atoms with E-state index < -0.39 is 0 Å². The smallest absolute Gasteiger partial charge is 0.237 e. The van der Waals surface area contributed by atoms with Crippen molar-refractivity contribution in [3.05, 3.63) is 0 Å². The molecule has 0 aromatic carbocycles. The predicted octanol–water partition coefficient (Wildman–Crippen LogP) is 1.05. The van der Waals surface area contributed by atoms with Crippen molar-refractivity contribution in [2.45, 2.75) is 50.6 Å². The highest BCUT2D eigenvalue weighted by Crippen LogP contribution is 2.44. The summed E-state index contributed by atoms with van der Waals surface area (Å²) in [5, 5.41) is 3.16. The topological polar surface area (TPSA) is 64.3 Å². The number of carbonyl (C=O) groups is 1. The Hall–Kier alpha value is -0.610. The van der Waals surface area contributed by atoms with Crippen LogP contribution in [0, 0.1) is 11.8 Å². The van der Waals surface area contributed by atoms with E-state index in [0.717, 1.165) is 18.3 Å². The zero-order valence-corrected chi connectivity index (χ0v) is 10.7. The molecule has 17 heavy (non-hydrogen) atoms. The minimum absolute atomic E-state index is 0.0323. The van der Waals surface area contributed by atoms with Crippen molar-refractivity contribution < 1.29 is 9.53 Å². The van der Waals surface area contributed by atoms with Gasteiger partial charge >= 0.3 is 0 Å². The van der Waals surface area contributed by atoms with Crippen LogP contribution >= 0.6 is 0 Å². The van der Waals surface area contributed by atoms with Gasteiger partial charge in [-0.05, 0) is 50.4 Å². The molecule has 0 saturated heterocycles. The molecule has 4 heteroatoms. The van der Waals surface area contributed by atoms with Gasteiger partial charge in [0.25, 0.3) is 0 Å². The standard InChI is InChI=1S/C13H24N2O2/c1-17-8-2-3-11(14)13(16)15-12(9-4-5-9)10-6-7-10/h9-12H,2-8,14H2,1H3,(H,15,16). The van der Waals surface area contributed by atoms with E-state index in [1.54, 1.807) is 7.11 Å². The van der Waals surface area contributed by atoms with Crippen molar-refractivity contribution in [3.8, 4) is 0 Å². The SMILES string of the molecule is COCCCC(N)C(=O)NC(C1CC1)C1CC1. The maximum atomic E-state index is 11.9. The highest BCUT2D eigenvalue weighted by Gasteiger charge is 2.42. The summed E-state index contributed by atoms with van der Waals surface area (Å²) in [6.45, 7) is 0.676. The summed E-state index contributed by atoms with van der Waals surface area (Å²) in [4.78, 5) is 11.9. The van der Waals surface area contributed by atoms with Gasteiger partial charge in [-0.2, -0.15) is 0 Å². The Morgan fingerprint density at radius 1 is 1.35 bits per heavy atom. The molecule has 2 aliphatic rings. The van der Waals surface area contributed by atoms with Crippen LogP contribution < -0.4 is 11.1 Å². The highest BCUT2D eigenvalue weighted by atomic mass is 16.5. The molecule has 3 N–H and O–H groups in total. The van der Waals surface area contributed by atoms with Crippen LogP contribution in [0.4, 0.5) is 0 Å². The van der Waals surface area contributed by atoms with Crippen LogP contribution in [-0.2, 0) is 9.53 Å². The van der Waals surface area contributed by atoms with Crippen LogP contribution in [0.3, 0.4) is 0 Å². The maximum absolute atomic E-state index is 11.9. The first kappa shape index (κ1) is 12.8. The van der Waals surface area contributed by atoms with Gasteiger partial charge in [-0.25, -0.2) is 0 Å². The lowest BCUT2D eigenvalue weighted by molar-refractivity contribution is -0.123. The van der Waals surface area contributed by atoms with Gasteiger partial charge in [-0.3, -0.25) is 4.79 Å². The molecule has 0 aliphatic heterocycles. The number of carbonyl (C=O) groups excluding carboxylic acids is 1. The van der Waals surface area contributed by atoms with Crippen LogP contribution in [0.25, 0.3) is 0 Å². The molecule has 1 amide bonds. The summed E-state index contributed by atoms with van der Waals surface area (Å²) in [5.41, 5.74) is 5.88. The molecule has 0 aromatic heterocycles. The Kier molecular flexibility index (Phi) is 4.40. The van der Waals surface area contributed by atoms with E-state index in [4.69, 9.17) is 10.5 Å². The summed E-state index contributed by atoms with van der Waals surface area (Å²) in [7, 11) is 1.67. The predicted molar refractivity (Wildman–Crippen MR) is 66.5 cm³/mol. The van der Waals surface area contributed by atoms with Gasteiger partial charge in [0, 0.05) is 19.8 Å². The maximum Gasteiger partial charge on any atom is 0.237 e. The second kappa shape index (κ2) is 5.83. The molecule has 0 heterocycles. The third-order valence-electron chi connectivity index (χ3n) is 3.77. The van der Waals surface area contributed by atoms with Gasteiger partial charge in [-0.15, -0.1) is 0 Å². The van der Waals surface area contributed by atoms with Gasteiger partial charge in [-0.1, -0.05) is 0 Å². The summed E-state index contributed by atoms with van der Waals surface area (Å²) in [6.07, 6.45) is 6.67. The second-order valence-corrected chi connectivity index (χ2v) is 5.45. The number of rotatable bonds is 8. The van der Waals surface area contributed by atoms with E-state index in [-0.39, 0.29) is 11.9 Å². The number of methoxy groups -OCH3 is 1. The van der Waals surface area contributed by atoms with Crippen LogP contribution in [-0.4, -0.2) is 31.7 Å². The van der Waals surface area contributed by atoms with Gasteiger partial charge in [0.15, 0.2) is 0 Å². The Bertz CT molecular complexity index is 250. The summed E-state index contributed by atoms with van der Waals surface area (Å²) in [6, 6.07) is 0.0427. The third-order valence-corrected chi connectivity index (χ3v) is 3.77. The fourth-order valence-electron chi connectivity index (χ4n) is 2.38. The molecular formula is C13H24N2O2. The highest BCUT2D eigenvalue weighted by molar-refractivity contribution is 5.81. The summed E-state index contributed by atoms with van der Waals surface area (Å²) < 4.78 is 4.96. The minimum atomic E-state index is -0.370. The van der Waals surface area contributed by atoms with Crippen molar-refractivity contribution in [2.24, 2.45) is 17.6 Å². The van der Waals surface area contributed by atoms with E-state index in [0.29, 0.717) is 19.1 Å². The summed E-state index contributed by atoms with van der Waals surface area (Å²) in [5.74, 6) is 1.50. The van der Waals surface area contributed by atoms with Crippen molar-refractivity contribution >= 4 is 5.91 Å². The molecule has 4 nitrogen and oxygen atoms in total. The Morgan fingerprint density at radius 2 is 1.94 bits per heavy atom. The third kappa shape index (κ3) is 3.96. The molecule has 0 bridgehead atoms. The van der Waals surface area contributed by atoms with Crippen LogP contribution in [0.2, 0.25) is 0 Å². The Labute approximate surface area is 103 Å². The summed E-state index contributed by atoms with van der Waals surface area (Å²) >= 11 is 0. The molecule has 0 spiro atoms. The minimum Gasteiger partial charge on any atom is -0.385 e. The van der Waals surface area contributed by atoms with Gasteiger partial charge < -0.3 is 15.8 Å². The van der Waals surface area contributed by atoms with E-state index in [2.05, 4.69) is 5.32 Å². The second-order valence-electron chi connectivity index (χ2n) is 5.45. The quantitative estimate of drug-likeness (QED) is 0.623. The first-order valence-electron chi connectivity index (χ1n) is 6.77. The monoisotopic (exact) mass is 240 g/mol. The first-order chi connectivity index (χ1) is 8.22. The lowest BCUT2D eigenvalue weighted by Gasteiger charge is -2.20. The normalized spacial score (nSPS) is 21.6. The van der Waals surface area contributed by atoms with Gasteiger partial charge in [0.2, 0.25) is 5.91 Å². The van der Waals surface area contributed by atoms with Crippen LogP contribution in [0.5, 0.6) is 0 Å². The lowest BCUT2D eigenvalue weighted by Crippen LogP contribution is -2.47. The Morgan fingerprint density at radius 3 is 2.41 bits per heavy atom. The molecule has 2 rings (SSSR count). The molecule has 2 saturated carbocycles. The zero-order valence-electron chi connectivity index (χ0n) is 10.7. The zero-order chi connectivity index (χ0) is 12.3.